The van der Waals surface area contributed by atoms with Crippen molar-refractivity contribution >= 4 is 52.3 Å². The molecule has 3 saturated heterocycles. The number of anilines is 2. The summed E-state index contributed by atoms with van der Waals surface area (Å²) in [7, 11) is 0. The highest BCUT2D eigenvalue weighted by Gasteiger charge is 2.74. The average molecular weight is 470 g/mol. The lowest BCUT2D eigenvalue weighted by molar-refractivity contribution is -0.135. The third-order valence-electron chi connectivity index (χ3n) is 7.85. The third kappa shape index (κ3) is 2.23. The van der Waals surface area contributed by atoms with Crippen LogP contribution in [0.3, 0.4) is 0 Å². The van der Waals surface area contributed by atoms with E-state index in [4.69, 9.17) is 23.2 Å². The summed E-state index contributed by atoms with van der Waals surface area (Å²) in [5.74, 6) is -2.26. The third-order valence-corrected chi connectivity index (χ3v) is 8.39. The van der Waals surface area contributed by atoms with Gasteiger partial charge in [0.15, 0.2) is 0 Å². The van der Waals surface area contributed by atoms with Crippen LogP contribution in [0.5, 0.6) is 0 Å². The Kier molecular flexibility index (Phi) is 4.15. The minimum Gasteiger partial charge on any atom is -0.324 e. The standard InChI is InChI=1S/C24H21Cl2N3O3/c1-11-5-7-14-20(12(11)2)27-23(32)24(14)19-18(17-4-3-9-28(17)24)21(30)29(22(19)31)16-8-6-13(25)10-15(16)26/h5-8,10,17-19H,3-4,9H2,1-2H3,(H,27,32). The number of hydrogen-bond acceptors (Lipinski definition) is 4. The Labute approximate surface area is 195 Å². The summed E-state index contributed by atoms with van der Waals surface area (Å²) in [5, 5.41) is 3.73. The number of carbonyl (C=O) groups is 3. The molecular formula is C24H21Cl2N3O3. The van der Waals surface area contributed by atoms with E-state index in [0.29, 0.717) is 17.3 Å². The van der Waals surface area contributed by atoms with Crippen molar-refractivity contribution in [3.8, 4) is 0 Å². The molecule has 0 bridgehead atoms. The molecule has 8 heteroatoms. The molecule has 0 aliphatic carbocycles. The topological polar surface area (TPSA) is 69.7 Å². The van der Waals surface area contributed by atoms with Crippen LogP contribution in [0.2, 0.25) is 10.0 Å². The molecule has 0 aromatic heterocycles. The van der Waals surface area contributed by atoms with Crippen LogP contribution in [-0.2, 0) is 19.9 Å². The van der Waals surface area contributed by atoms with E-state index in [-0.39, 0.29) is 28.8 Å². The highest BCUT2D eigenvalue weighted by Crippen LogP contribution is 2.61. The SMILES string of the molecule is Cc1ccc2c(c1C)NC(=O)C21C2C(=O)N(c3ccc(Cl)cc3Cl)C(=O)C2C2CCCN21. The van der Waals surface area contributed by atoms with Crippen LogP contribution >= 0.6 is 23.2 Å². The lowest BCUT2D eigenvalue weighted by Gasteiger charge is -2.36. The van der Waals surface area contributed by atoms with Gasteiger partial charge in [-0.15, -0.1) is 0 Å². The van der Waals surface area contributed by atoms with Crippen molar-refractivity contribution in [2.75, 3.05) is 16.8 Å². The first-order valence-electron chi connectivity index (χ1n) is 10.8. The molecular weight excluding hydrogens is 449 g/mol. The molecule has 2 aromatic carbocycles. The monoisotopic (exact) mass is 469 g/mol. The molecule has 32 heavy (non-hydrogen) atoms. The van der Waals surface area contributed by atoms with Gasteiger partial charge in [0.2, 0.25) is 17.7 Å². The Morgan fingerprint density at radius 3 is 2.59 bits per heavy atom. The van der Waals surface area contributed by atoms with E-state index in [9.17, 15) is 14.4 Å². The molecule has 0 saturated carbocycles. The summed E-state index contributed by atoms with van der Waals surface area (Å²) in [4.78, 5) is 44.7. The molecule has 4 atom stereocenters. The maximum Gasteiger partial charge on any atom is 0.250 e. The van der Waals surface area contributed by atoms with Gasteiger partial charge in [-0.2, -0.15) is 0 Å². The molecule has 2 aromatic rings. The molecule has 164 valence electrons. The van der Waals surface area contributed by atoms with Crippen LogP contribution in [0.1, 0.15) is 29.5 Å². The molecule has 1 spiro atoms. The Morgan fingerprint density at radius 1 is 1.06 bits per heavy atom. The molecule has 4 unspecified atom stereocenters. The van der Waals surface area contributed by atoms with E-state index in [2.05, 4.69) is 10.2 Å². The number of imide groups is 1. The van der Waals surface area contributed by atoms with Gasteiger partial charge in [-0.1, -0.05) is 35.3 Å². The Bertz CT molecular complexity index is 1250. The quantitative estimate of drug-likeness (QED) is 0.639. The minimum atomic E-state index is -1.18. The van der Waals surface area contributed by atoms with Crippen LogP contribution in [0.25, 0.3) is 0 Å². The van der Waals surface area contributed by atoms with E-state index in [1.54, 1.807) is 12.1 Å². The van der Waals surface area contributed by atoms with Crippen LogP contribution in [0, 0.1) is 25.7 Å². The maximum atomic E-state index is 13.9. The van der Waals surface area contributed by atoms with Crippen molar-refractivity contribution < 1.29 is 14.4 Å². The zero-order valence-electron chi connectivity index (χ0n) is 17.6. The predicted molar refractivity (Wildman–Crippen MR) is 122 cm³/mol. The van der Waals surface area contributed by atoms with E-state index < -0.39 is 17.4 Å². The van der Waals surface area contributed by atoms with Crippen molar-refractivity contribution in [1.29, 1.82) is 0 Å². The number of amides is 3. The van der Waals surface area contributed by atoms with Gasteiger partial charge in [-0.25, -0.2) is 4.90 Å². The van der Waals surface area contributed by atoms with Crippen molar-refractivity contribution in [2.45, 2.75) is 38.3 Å². The van der Waals surface area contributed by atoms with Gasteiger partial charge < -0.3 is 5.32 Å². The molecule has 4 aliphatic rings. The van der Waals surface area contributed by atoms with E-state index in [1.807, 2.05) is 26.0 Å². The van der Waals surface area contributed by atoms with Gasteiger partial charge in [0, 0.05) is 22.3 Å². The number of nitrogens with zero attached hydrogens (tertiary/aromatic N) is 2. The van der Waals surface area contributed by atoms with E-state index >= 15 is 0 Å². The Balaban J connectivity index is 1.57. The lowest BCUT2D eigenvalue weighted by atomic mass is 9.75. The highest BCUT2D eigenvalue weighted by atomic mass is 35.5. The van der Waals surface area contributed by atoms with Gasteiger partial charge in [0.1, 0.15) is 5.54 Å². The summed E-state index contributed by atoms with van der Waals surface area (Å²) in [6.07, 6.45) is 1.66. The maximum absolute atomic E-state index is 13.9. The zero-order valence-corrected chi connectivity index (χ0v) is 19.1. The highest BCUT2D eigenvalue weighted by molar-refractivity contribution is 6.38. The number of hydrogen-bond donors (Lipinski definition) is 1. The number of fused-ring (bicyclic) bond motifs is 7. The molecule has 3 fully saturated rings. The van der Waals surface area contributed by atoms with Crippen molar-refractivity contribution in [2.24, 2.45) is 11.8 Å². The number of benzene rings is 2. The zero-order chi connectivity index (χ0) is 22.5. The molecule has 6 rings (SSSR count). The number of halogens is 2. The summed E-state index contributed by atoms with van der Waals surface area (Å²) in [6, 6.07) is 8.50. The summed E-state index contributed by atoms with van der Waals surface area (Å²) in [6.45, 7) is 4.65. The molecule has 4 aliphatic heterocycles. The van der Waals surface area contributed by atoms with Gasteiger partial charge in [-0.05, 0) is 62.6 Å². The number of nitrogens with one attached hydrogen (secondary N) is 1. The second-order valence-electron chi connectivity index (χ2n) is 9.16. The summed E-state index contributed by atoms with van der Waals surface area (Å²) in [5.41, 5.74) is 2.76. The fraction of sp³-hybridized carbons (Fsp3) is 0.375. The second-order valence-corrected chi connectivity index (χ2v) is 10.0. The van der Waals surface area contributed by atoms with Crippen molar-refractivity contribution in [1.82, 2.24) is 4.90 Å². The van der Waals surface area contributed by atoms with Crippen molar-refractivity contribution in [3.63, 3.8) is 0 Å². The summed E-state index contributed by atoms with van der Waals surface area (Å²) >= 11 is 12.4. The minimum absolute atomic E-state index is 0.161. The smallest absolute Gasteiger partial charge is 0.250 e. The molecule has 1 N–H and O–H groups in total. The largest absolute Gasteiger partial charge is 0.324 e. The molecule has 4 heterocycles. The van der Waals surface area contributed by atoms with Crippen LogP contribution in [-0.4, -0.2) is 35.2 Å². The number of aryl methyl sites for hydroxylation is 1. The Morgan fingerprint density at radius 2 is 1.84 bits per heavy atom. The molecule has 3 amide bonds. The van der Waals surface area contributed by atoms with E-state index in [0.717, 1.165) is 35.2 Å². The van der Waals surface area contributed by atoms with Gasteiger partial charge in [-0.3, -0.25) is 19.3 Å². The lowest BCUT2D eigenvalue weighted by Crippen LogP contribution is -2.54. The molecule has 0 radical (unpaired) electrons. The first-order chi connectivity index (χ1) is 15.3. The first-order valence-corrected chi connectivity index (χ1v) is 11.6. The average Bonchev–Trinajstić information content (AvgIpc) is 3.45. The fourth-order valence-electron chi connectivity index (χ4n) is 6.42. The van der Waals surface area contributed by atoms with Crippen LogP contribution in [0.15, 0.2) is 30.3 Å². The molecule has 6 nitrogen and oxygen atoms in total. The Hall–Kier alpha value is -2.41. The van der Waals surface area contributed by atoms with Gasteiger partial charge in [0.25, 0.3) is 0 Å². The van der Waals surface area contributed by atoms with Crippen LogP contribution < -0.4 is 10.2 Å². The van der Waals surface area contributed by atoms with Gasteiger partial charge in [0.05, 0.1) is 22.5 Å². The number of rotatable bonds is 1. The van der Waals surface area contributed by atoms with E-state index in [1.165, 1.54) is 11.0 Å². The predicted octanol–water partition coefficient (Wildman–Crippen LogP) is 4.04. The van der Waals surface area contributed by atoms with Gasteiger partial charge >= 0.3 is 0 Å². The summed E-state index contributed by atoms with van der Waals surface area (Å²) < 4.78 is 0. The van der Waals surface area contributed by atoms with Crippen LogP contribution in [0.4, 0.5) is 11.4 Å². The fourth-order valence-corrected chi connectivity index (χ4v) is 6.91. The normalized spacial score (nSPS) is 30.8. The number of carbonyl (C=O) groups excluding carboxylic acids is 3. The first kappa shape index (κ1) is 20.2. The van der Waals surface area contributed by atoms with Crippen molar-refractivity contribution in [3.05, 3.63) is 57.1 Å². The second kappa shape index (κ2) is 6.56.